The monoisotopic (exact) mass is 297 g/mol. The first-order valence-electron chi connectivity index (χ1n) is 8.14. The number of rotatable bonds is 4. The molecule has 0 aromatic carbocycles. The molecule has 1 saturated carbocycles. The molecule has 2 rings (SSSR count). The molecule has 1 aliphatic heterocycles. The van der Waals surface area contributed by atoms with E-state index in [1.54, 1.807) is 4.90 Å². The fraction of sp³-hybridized carbons (Fsp3) is 0.875. The minimum Gasteiger partial charge on any atom is -0.481 e. The van der Waals surface area contributed by atoms with Gasteiger partial charge in [-0.25, -0.2) is 0 Å². The molecule has 0 aromatic heterocycles. The molecule has 1 amide bonds. The number of ether oxygens (including phenoxy) is 1. The molecule has 1 aliphatic carbocycles. The highest BCUT2D eigenvalue weighted by molar-refractivity contribution is 5.79. The van der Waals surface area contributed by atoms with E-state index < -0.39 is 11.9 Å². The van der Waals surface area contributed by atoms with Crippen molar-refractivity contribution >= 4 is 11.9 Å². The van der Waals surface area contributed by atoms with E-state index in [1.165, 1.54) is 19.3 Å². The molecule has 2 aliphatic rings. The van der Waals surface area contributed by atoms with Crippen LogP contribution in [0.4, 0.5) is 0 Å². The molecule has 5 heteroatoms. The quantitative estimate of drug-likeness (QED) is 0.864. The van der Waals surface area contributed by atoms with Gasteiger partial charge in [-0.1, -0.05) is 19.8 Å². The van der Waals surface area contributed by atoms with Crippen molar-refractivity contribution in [3.8, 4) is 0 Å². The largest absolute Gasteiger partial charge is 0.481 e. The summed E-state index contributed by atoms with van der Waals surface area (Å²) in [5, 5.41) is 9.21. The third kappa shape index (κ3) is 3.96. The van der Waals surface area contributed by atoms with Gasteiger partial charge < -0.3 is 14.7 Å². The van der Waals surface area contributed by atoms with E-state index in [4.69, 9.17) is 4.74 Å². The summed E-state index contributed by atoms with van der Waals surface area (Å²) in [4.78, 5) is 25.2. The predicted octanol–water partition coefficient (Wildman–Crippen LogP) is 2.29. The highest BCUT2D eigenvalue weighted by Crippen LogP contribution is 2.27. The number of amides is 1. The zero-order chi connectivity index (χ0) is 15.4. The Balaban J connectivity index is 1.86. The van der Waals surface area contributed by atoms with Crippen LogP contribution >= 0.6 is 0 Å². The highest BCUT2D eigenvalue weighted by atomic mass is 16.5. The van der Waals surface area contributed by atoms with Crippen LogP contribution < -0.4 is 0 Å². The van der Waals surface area contributed by atoms with Crippen LogP contribution in [0.3, 0.4) is 0 Å². The van der Waals surface area contributed by atoms with Gasteiger partial charge in [0, 0.05) is 12.6 Å². The zero-order valence-corrected chi connectivity index (χ0v) is 13.1. The number of carboxylic acids is 1. The van der Waals surface area contributed by atoms with Gasteiger partial charge in [0.1, 0.15) is 6.61 Å². The Morgan fingerprint density at radius 2 is 1.86 bits per heavy atom. The van der Waals surface area contributed by atoms with Gasteiger partial charge in [-0.3, -0.25) is 9.59 Å². The average Bonchev–Trinajstić information content (AvgIpc) is 2.46. The molecular formula is C16H27NO4. The first kappa shape index (κ1) is 16.3. The summed E-state index contributed by atoms with van der Waals surface area (Å²) in [6.45, 7) is 4.75. The number of carbonyl (C=O) groups is 2. The topological polar surface area (TPSA) is 66.8 Å². The lowest BCUT2D eigenvalue weighted by molar-refractivity contribution is -0.152. The van der Waals surface area contributed by atoms with Crippen LogP contribution in [0.5, 0.6) is 0 Å². The van der Waals surface area contributed by atoms with Crippen LogP contribution in [0.1, 0.15) is 52.4 Å². The summed E-state index contributed by atoms with van der Waals surface area (Å²) >= 11 is 0. The summed E-state index contributed by atoms with van der Waals surface area (Å²) in [5.41, 5.74) is 0. The zero-order valence-electron chi connectivity index (χ0n) is 13.1. The van der Waals surface area contributed by atoms with E-state index >= 15 is 0 Å². The summed E-state index contributed by atoms with van der Waals surface area (Å²) in [6.07, 6.45) is 6.20. The van der Waals surface area contributed by atoms with E-state index in [1.807, 2.05) is 6.92 Å². The number of piperidine rings is 1. The third-order valence-electron chi connectivity index (χ3n) is 5.08. The Hall–Kier alpha value is -1.10. The Labute approximate surface area is 126 Å². The lowest BCUT2D eigenvalue weighted by Crippen LogP contribution is -2.50. The Morgan fingerprint density at radius 1 is 1.14 bits per heavy atom. The second-order valence-corrected chi connectivity index (χ2v) is 6.53. The lowest BCUT2D eigenvalue weighted by Gasteiger charge is -2.38. The minimum atomic E-state index is -0.804. The van der Waals surface area contributed by atoms with Crippen LogP contribution in [-0.4, -0.2) is 47.2 Å². The fourth-order valence-electron chi connectivity index (χ4n) is 3.62. The van der Waals surface area contributed by atoms with Crippen molar-refractivity contribution in [3.05, 3.63) is 0 Å². The van der Waals surface area contributed by atoms with Gasteiger partial charge in [0.05, 0.1) is 12.0 Å². The van der Waals surface area contributed by atoms with Gasteiger partial charge in [0.15, 0.2) is 0 Å². The summed E-state index contributed by atoms with van der Waals surface area (Å²) in [5.74, 6) is -0.804. The Morgan fingerprint density at radius 3 is 2.52 bits per heavy atom. The highest BCUT2D eigenvalue weighted by Gasteiger charge is 2.35. The van der Waals surface area contributed by atoms with Crippen molar-refractivity contribution in [1.82, 2.24) is 4.90 Å². The number of carboxylic acid groups (broad SMARTS) is 1. The number of hydrogen-bond acceptors (Lipinski definition) is 3. The molecule has 1 heterocycles. The maximum absolute atomic E-state index is 12.3. The lowest BCUT2D eigenvalue weighted by atomic mass is 9.88. The van der Waals surface area contributed by atoms with Crippen molar-refractivity contribution in [2.75, 3.05) is 13.2 Å². The van der Waals surface area contributed by atoms with Crippen molar-refractivity contribution in [2.24, 2.45) is 11.8 Å². The van der Waals surface area contributed by atoms with Crippen LogP contribution in [0, 0.1) is 11.8 Å². The second kappa shape index (κ2) is 7.25. The summed E-state index contributed by atoms with van der Waals surface area (Å²) in [7, 11) is 0. The Bertz CT molecular complexity index is 384. The molecular weight excluding hydrogens is 270 g/mol. The van der Waals surface area contributed by atoms with E-state index in [0.717, 1.165) is 12.8 Å². The van der Waals surface area contributed by atoms with E-state index in [2.05, 4.69) is 6.92 Å². The van der Waals surface area contributed by atoms with Crippen molar-refractivity contribution in [2.45, 2.75) is 64.5 Å². The maximum atomic E-state index is 12.3. The van der Waals surface area contributed by atoms with E-state index in [-0.39, 0.29) is 24.7 Å². The number of aliphatic carboxylic acids is 1. The van der Waals surface area contributed by atoms with Crippen LogP contribution in [0.25, 0.3) is 0 Å². The molecule has 2 unspecified atom stereocenters. The van der Waals surface area contributed by atoms with Gasteiger partial charge in [-0.2, -0.15) is 0 Å². The van der Waals surface area contributed by atoms with E-state index in [0.29, 0.717) is 18.9 Å². The number of hydrogen-bond donors (Lipinski definition) is 1. The first-order valence-corrected chi connectivity index (χ1v) is 8.14. The van der Waals surface area contributed by atoms with Crippen molar-refractivity contribution in [3.63, 3.8) is 0 Å². The molecule has 21 heavy (non-hydrogen) atoms. The number of carbonyl (C=O) groups excluding carboxylic acids is 1. The minimum absolute atomic E-state index is 0.0637. The fourth-order valence-corrected chi connectivity index (χ4v) is 3.62. The van der Waals surface area contributed by atoms with E-state index in [9.17, 15) is 14.7 Å². The van der Waals surface area contributed by atoms with Crippen molar-refractivity contribution in [1.29, 1.82) is 0 Å². The number of likely N-dealkylation sites (tertiary alicyclic amines) is 1. The molecule has 0 spiro atoms. The summed E-state index contributed by atoms with van der Waals surface area (Å²) in [6, 6.07) is -0.240. The first-order chi connectivity index (χ1) is 10.0. The molecule has 2 fully saturated rings. The average molecular weight is 297 g/mol. The van der Waals surface area contributed by atoms with Gasteiger partial charge in [0.25, 0.3) is 0 Å². The van der Waals surface area contributed by atoms with Crippen LogP contribution in [0.15, 0.2) is 0 Å². The molecule has 1 saturated heterocycles. The van der Waals surface area contributed by atoms with Gasteiger partial charge in [-0.05, 0) is 38.5 Å². The molecule has 5 nitrogen and oxygen atoms in total. The molecule has 0 bridgehead atoms. The maximum Gasteiger partial charge on any atom is 0.308 e. The SMILES string of the molecule is CC1CCCCC1OCC(=O)N1CCC[C@H](C(=O)O)[C@@H]1C. The molecule has 120 valence electrons. The van der Waals surface area contributed by atoms with Crippen molar-refractivity contribution < 1.29 is 19.4 Å². The molecule has 0 radical (unpaired) electrons. The normalized spacial score (nSPS) is 33.7. The smallest absolute Gasteiger partial charge is 0.308 e. The van der Waals surface area contributed by atoms with Gasteiger partial charge >= 0.3 is 5.97 Å². The second-order valence-electron chi connectivity index (χ2n) is 6.53. The molecule has 4 atom stereocenters. The van der Waals surface area contributed by atoms with Crippen LogP contribution in [-0.2, 0) is 14.3 Å². The Kier molecular flexibility index (Phi) is 5.62. The third-order valence-corrected chi connectivity index (χ3v) is 5.08. The summed E-state index contributed by atoms with van der Waals surface area (Å²) < 4.78 is 5.82. The predicted molar refractivity (Wildman–Crippen MR) is 78.9 cm³/mol. The van der Waals surface area contributed by atoms with Gasteiger partial charge in [0.2, 0.25) is 5.91 Å². The molecule has 0 aromatic rings. The molecule has 1 N–H and O–H groups in total. The standard InChI is InChI=1S/C16H27NO4/c1-11-6-3-4-8-14(11)21-10-15(18)17-9-5-7-13(12(17)2)16(19)20/h11-14H,3-10H2,1-2H3,(H,19,20)/t11?,12-,13-,14?/m0/s1. The van der Waals surface area contributed by atoms with Gasteiger partial charge in [-0.15, -0.1) is 0 Å². The van der Waals surface area contributed by atoms with Crippen LogP contribution in [0.2, 0.25) is 0 Å². The number of nitrogens with zero attached hydrogens (tertiary/aromatic N) is 1.